The van der Waals surface area contributed by atoms with Crippen LogP contribution in [0.2, 0.25) is 18.1 Å². The van der Waals surface area contributed by atoms with Crippen molar-refractivity contribution < 1.29 is 23.5 Å². The third-order valence-electron chi connectivity index (χ3n) is 5.79. The Morgan fingerprint density at radius 2 is 1.79 bits per heavy atom. The van der Waals surface area contributed by atoms with E-state index in [0.29, 0.717) is 19.6 Å². The number of nitrogens with zero attached hydrogens (tertiary/aromatic N) is 1. The van der Waals surface area contributed by atoms with Gasteiger partial charge in [-0.2, -0.15) is 0 Å². The summed E-state index contributed by atoms with van der Waals surface area (Å²) in [7, 11) is -1.99. The minimum atomic E-state index is -1.99. The maximum absolute atomic E-state index is 12.8. The van der Waals surface area contributed by atoms with Gasteiger partial charge in [-0.3, -0.25) is 4.79 Å². The second-order valence-electron chi connectivity index (χ2n) is 9.09. The molecule has 0 spiro atoms. The molecule has 0 aliphatic carbocycles. The fourth-order valence-corrected chi connectivity index (χ4v) is 4.54. The molecule has 0 unspecified atom stereocenters. The molecule has 29 heavy (non-hydrogen) atoms. The molecule has 1 heterocycles. The van der Waals surface area contributed by atoms with Crippen LogP contribution in [0.1, 0.15) is 46.1 Å². The maximum Gasteiger partial charge on any atom is 0.410 e. The Labute approximate surface area is 175 Å². The fourth-order valence-electron chi connectivity index (χ4n) is 3.18. The van der Waals surface area contributed by atoms with Gasteiger partial charge in [0.05, 0.1) is 19.1 Å². The van der Waals surface area contributed by atoms with Crippen molar-refractivity contribution >= 4 is 20.4 Å². The molecular formula is C22H35NO5Si. The minimum Gasteiger partial charge on any atom is -0.466 e. The van der Waals surface area contributed by atoms with E-state index in [9.17, 15) is 9.59 Å². The Bertz CT molecular complexity index is 686. The van der Waals surface area contributed by atoms with Gasteiger partial charge in [-0.25, -0.2) is 4.79 Å². The van der Waals surface area contributed by atoms with Crippen LogP contribution in [0, 0.1) is 0 Å². The molecule has 1 aromatic rings. The summed E-state index contributed by atoms with van der Waals surface area (Å²) in [5, 5.41) is 0.0743. The Kier molecular flexibility index (Phi) is 7.88. The van der Waals surface area contributed by atoms with E-state index in [1.807, 2.05) is 30.3 Å². The van der Waals surface area contributed by atoms with Crippen molar-refractivity contribution in [1.29, 1.82) is 0 Å². The van der Waals surface area contributed by atoms with Crippen LogP contribution in [0.15, 0.2) is 30.3 Å². The molecule has 162 valence electrons. The van der Waals surface area contributed by atoms with E-state index in [2.05, 4.69) is 33.9 Å². The van der Waals surface area contributed by atoms with Crippen molar-refractivity contribution in [2.75, 3.05) is 13.2 Å². The largest absolute Gasteiger partial charge is 0.466 e. The van der Waals surface area contributed by atoms with Gasteiger partial charge in [0.15, 0.2) is 8.32 Å². The van der Waals surface area contributed by atoms with E-state index in [4.69, 9.17) is 13.9 Å². The number of hydrogen-bond donors (Lipinski definition) is 0. The van der Waals surface area contributed by atoms with Crippen LogP contribution in [-0.4, -0.2) is 50.6 Å². The number of likely N-dealkylation sites (tertiary alicyclic amines) is 1. The Hall–Kier alpha value is -1.86. The van der Waals surface area contributed by atoms with E-state index in [1.54, 1.807) is 11.8 Å². The molecule has 2 rings (SSSR count). The first-order valence-corrected chi connectivity index (χ1v) is 13.2. The lowest BCUT2D eigenvalue weighted by Crippen LogP contribution is -2.44. The number of amides is 1. The highest BCUT2D eigenvalue weighted by Gasteiger charge is 2.44. The first-order chi connectivity index (χ1) is 13.5. The highest BCUT2D eigenvalue weighted by Crippen LogP contribution is 2.39. The molecule has 1 aliphatic heterocycles. The van der Waals surface area contributed by atoms with Gasteiger partial charge in [-0.15, -0.1) is 0 Å². The maximum atomic E-state index is 12.8. The number of carbonyl (C=O) groups excluding carboxylic acids is 2. The van der Waals surface area contributed by atoms with Crippen LogP contribution in [-0.2, 0) is 25.3 Å². The summed E-state index contributed by atoms with van der Waals surface area (Å²) < 4.78 is 17.1. The predicted octanol–water partition coefficient (Wildman–Crippen LogP) is 4.74. The molecule has 2 atom stereocenters. The van der Waals surface area contributed by atoms with Crippen LogP contribution in [0.5, 0.6) is 0 Å². The lowest BCUT2D eigenvalue weighted by molar-refractivity contribution is -0.144. The molecule has 0 saturated carbocycles. The van der Waals surface area contributed by atoms with Gasteiger partial charge in [0.2, 0.25) is 0 Å². The van der Waals surface area contributed by atoms with E-state index in [-0.39, 0.29) is 36.2 Å². The highest BCUT2D eigenvalue weighted by molar-refractivity contribution is 6.74. The Balaban J connectivity index is 2.06. The first-order valence-electron chi connectivity index (χ1n) is 10.3. The summed E-state index contributed by atoms with van der Waals surface area (Å²) in [6.45, 7) is 13.7. The van der Waals surface area contributed by atoms with E-state index in [0.717, 1.165) is 5.56 Å². The molecule has 6 nitrogen and oxygen atoms in total. The standard InChI is InChI=1S/C22H35NO5Si/c1-7-26-20(24)14-18-13-19(28-29(5,6)22(2,3)4)15-23(18)21(25)27-16-17-11-9-8-10-12-17/h8-12,18-19H,7,13-16H2,1-6H3/t18-,19-/m1/s1. The number of esters is 1. The Morgan fingerprint density at radius 3 is 2.38 bits per heavy atom. The van der Waals surface area contributed by atoms with Crippen LogP contribution in [0.3, 0.4) is 0 Å². The molecule has 0 aromatic heterocycles. The summed E-state index contributed by atoms with van der Waals surface area (Å²) in [5.41, 5.74) is 0.927. The van der Waals surface area contributed by atoms with Crippen LogP contribution < -0.4 is 0 Å². The van der Waals surface area contributed by atoms with Crippen molar-refractivity contribution in [2.45, 2.75) is 77.4 Å². The smallest absolute Gasteiger partial charge is 0.410 e. The van der Waals surface area contributed by atoms with Gasteiger partial charge in [-0.1, -0.05) is 51.1 Å². The number of ether oxygens (including phenoxy) is 2. The number of carbonyl (C=O) groups is 2. The van der Waals surface area contributed by atoms with Gasteiger partial charge in [0.1, 0.15) is 6.61 Å². The molecule has 0 N–H and O–H groups in total. The molecular weight excluding hydrogens is 386 g/mol. The van der Waals surface area contributed by atoms with Crippen LogP contribution in [0.4, 0.5) is 4.79 Å². The zero-order valence-electron chi connectivity index (χ0n) is 18.6. The van der Waals surface area contributed by atoms with E-state index < -0.39 is 14.4 Å². The lowest BCUT2D eigenvalue weighted by Gasteiger charge is -2.38. The van der Waals surface area contributed by atoms with Crippen LogP contribution in [0.25, 0.3) is 0 Å². The van der Waals surface area contributed by atoms with Crippen molar-refractivity contribution in [3.05, 3.63) is 35.9 Å². The molecule has 1 saturated heterocycles. The van der Waals surface area contributed by atoms with Gasteiger partial charge in [-0.05, 0) is 37.0 Å². The number of rotatable bonds is 7. The quantitative estimate of drug-likeness (QED) is 0.470. The molecule has 1 aromatic carbocycles. The average molecular weight is 422 g/mol. The lowest BCUT2D eigenvalue weighted by atomic mass is 10.1. The van der Waals surface area contributed by atoms with Gasteiger partial charge in [0.25, 0.3) is 0 Å². The van der Waals surface area contributed by atoms with E-state index in [1.165, 1.54) is 0 Å². The average Bonchev–Trinajstić information content (AvgIpc) is 3.01. The first kappa shape index (κ1) is 23.4. The summed E-state index contributed by atoms with van der Waals surface area (Å²) in [5.74, 6) is -0.300. The normalized spacial score (nSPS) is 19.9. The SMILES string of the molecule is CCOC(=O)C[C@H]1C[C@@H](O[Si](C)(C)C(C)(C)C)CN1C(=O)OCc1ccccc1. The summed E-state index contributed by atoms with van der Waals surface area (Å²) in [6, 6.07) is 9.29. The van der Waals surface area contributed by atoms with Crippen molar-refractivity contribution in [3.8, 4) is 0 Å². The topological polar surface area (TPSA) is 65.1 Å². The highest BCUT2D eigenvalue weighted by atomic mass is 28.4. The van der Waals surface area contributed by atoms with Gasteiger partial charge in [0, 0.05) is 12.6 Å². The minimum absolute atomic E-state index is 0.0743. The van der Waals surface area contributed by atoms with Crippen molar-refractivity contribution in [2.24, 2.45) is 0 Å². The summed E-state index contributed by atoms with van der Waals surface area (Å²) >= 11 is 0. The summed E-state index contributed by atoms with van der Waals surface area (Å²) in [6.07, 6.45) is 0.265. The molecule has 0 bridgehead atoms. The van der Waals surface area contributed by atoms with Gasteiger partial charge < -0.3 is 18.8 Å². The molecule has 1 aliphatic rings. The van der Waals surface area contributed by atoms with Crippen molar-refractivity contribution in [3.63, 3.8) is 0 Å². The molecule has 1 amide bonds. The zero-order valence-corrected chi connectivity index (χ0v) is 19.6. The number of hydrogen-bond acceptors (Lipinski definition) is 5. The number of benzene rings is 1. The summed E-state index contributed by atoms with van der Waals surface area (Å²) in [4.78, 5) is 26.5. The predicted molar refractivity (Wildman–Crippen MR) is 115 cm³/mol. The second-order valence-corrected chi connectivity index (χ2v) is 13.8. The third kappa shape index (κ3) is 6.57. The Morgan fingerprint density at radius 1 is 1.14 bits per heavy atom. The monoisotopic (exact) mass is 421 g/mol. The van der Waals surface area contributed by atoms with Gasteiger partial charge >= 0.3 is 12.1 Å². The van der Waals surface area contributed by atoms with E-state index >= 15 is 0 Å². The molecule has 0 radical (unpaired) electrons. The zero-order chi connectivity index (χ0) is 21.7. The molecule has 7 heteroatoms. The fraction of sp³-hybridized carbons (Fsp3) is 0.636. The van der Waals surface area contributed by atoms with Crippen molar-refractivity contribution in [1.82, 2.24) is 4.90 Å². The second kappa shape index (κ2) is 9.76. The molecule has 1 fully saturated rings. The third-order valence-corrected chi connectivity index (χ3v) is 10.3. The van der Waals surface area contributed by atoms with Crippen LogP contribution >= 0.6 is 0 Å².